The summed E-state index contributed by atoms with van der Waals surface area (Å²) >= 11 is 0. The maximum atomic E-state index is 12.9. The number of aromatic nitrogens is 2. The van der Waals surface area contributed by atoms with Crippen LogP contribution < -0.4 is 18.9 Å². The van der Waals surface area contributed by atoms with E-state index in [-0.39, 0.29) is 11.8 Å². The summed E-state index contributed by atoms with van der Waals surface area (Å²) in [5.41, 5.74) is 2.91. The van der Waals surface area contributed by atoms with Gasteiger partial charge in [0.1, 0.15) is 23.0 Å². The van der Waals surface area contributed by atoms with Crippen LogP contribution >= 0.6 is 0 Å². The average molecular weight is 951 g/mol. The molecule has 0 spiro atoms. The van der Waals surface area contributed by atoms with Gasteiger partial charge in [0.2, 0.25) is 5.91 Å². The Bertz CT molecular complexity index is 2490. The van der Waals surface area contributed by atoms with Crippen LogP contribution in [0.2, 0.25) is 0 Å². The van der Waals surface area contributed by atoms with Crippen LogP contribution in [0.15, 0.2) is 97.3 Å². The van der Waals surface area contributed by atoms with Gasteiger partial charge in [0.05, 0.1) is 45.0 Å². The molecule has 10 nitrogen and oxygen atoms in total. The molecular formula is C52H60F6N4O6. The summed E-state index contributed by atoms with van der Waals surface area (Å²) in [5.74, 6) is 3.04. The van der Waals surface area contributed by atoms with E-state index in [9.17, 15) is 31.1 Å². The number of halogens is 6. The van der Waals surface area contributed by atoms with E-state index in [2.05, 4.69) is 27.1 Å². The second-order valence-electron chi connectivity index (χ2n) is 17.5. The standard InChI is InChI=1S/C24H25F3N2O3.C24H27F3N2O2.C4H8O/c1-31-20-8-9-22-21(12-20)17(13-28-22)11-23(30)29-10-2-3-16(14-29)15-32-19-6-4-18(5-7-19)24(25,26)27;1-30-21-8-9-23-22(13-21)18(14-28-23)10-12-29-11-2-3-17(15-29)16-31-20-6-4-19(5-7-20)24(25,26)27;1-2-4-5-3-1/h4-9,12-13,16,28H,2-3,10-11,14-15H2,1H3;4-9,13-14,17,28H,2-3,10-12,15-16H2,1H3;1-4H2. The quantitative estimate of drug-likeness (QED) is 0.111. The van der Waals surface area contributed by atoms with Crippen molar-refractivity contribution in [3.63, 3.8) is 0 Å². The predicted molar refractivity (Wildman–Crippen MR) is 250 cm³/mol. The van der Waals surface area contributed by atoms with Gasteiger partial charge in [-0.2, -0.15) is 26.3 Å². The Morgan fingerprint density at radius 1 is 0.632 bits per heavy atom. The first-order valence-electron chi connectivity index (χ1n) is 23.2. The molecule has 16 heteroatoms. The van der Waals surface area contributed by atoms with Crippen molar-refractivity contribution in [2.75, 3.05) is 73.4 Å². The van der Waals surface area contributed by atoms with E-state index in [1.807, 2.05) is 41.4 Å². The largest absolute Gasteiger partial charge is 0.497 e. The number of likely N-dealkylation sites (tertiary alicyclic amines) is 2. The van der Waals surface area contributed by atoms with Crippen LogP contribution in [0, 0.1) is 11.8 Å². The molecule has 2 N–H and O–H groups in total. The molecule has 1 amide bonds. The number of benzene rings is 4. The number of H-pyrrole nitrogens is 2. The Balaban J connectivity index is 0.000000182. The van der Waals surface area contributed by atoms with Crippen molar-refractivity contribution >= 4 is 27.7 Å². The van der Waals surface area contributed by atoms with Crippen molar-refractivity contribution in [3.05, 3.63) is 120 Å². The van der Waals surface area contributed by atoms with Crippen LogP contribution in [-0.2, 0) is 34.7 Å². The molecule has 2 unspecified atom stereocenters. The third-order valence-electron chi connectivity index (χ3n) is 12.6. The van der Waals surface area contributed by atoms with E-state index >= 15 is 0 Å². The number of hydrogen-bond donors (Lipinski definition) is 2. The summed E-state index contributed by atoms with van der Waals surface area (Å²) in [6.07, 6.45) is 2.99. The zero-order valence-electron chi connectivity index (χ0n) is 38.5. The van der Waals surface area contributed by atoms with E-state index in [4.69, 9.17) is 23.7 Å². The number of fused-ring (bicyclic) bond motifs is 2. The molecule has 68 heavy (non-hydrogen) atoms. The lowest BCUT2D eigenvalue weighted by molar-refractivity contribution is -0.138. The fraction of sp³-hybridized carbons (Fsp3) is 0.442. The third-order valence-corrected chi connectivity index (χ3v) is 12.6. The zero-order valence-corrected chi connectivity index (χ0v) is 38.5. The number of carbonyl (C=O) groups is 1. The molecule has 2 atom stereocenters. The maximum absolute atomic E-state index is 12.9. The fourth-order valence-corrected chi connectivity index (χ4v) is 8.81. The van der Waals surface area contributed by atoms with Crippen LogP contribution in [0.3, 0.4) is 0 Å². The molecule has 2 aromatic heterocycles. The monoisotopic (exact) mass is 950 g/mol. The summed E-state index contributed by atoms with van der Waals surface area (Å²) < 4.78 is 103. The van der Waals surface area contributed by atoms with Crippen LogP contribution in [0.4, 0.5) is 26.3 Å². The molecule has 3 aliphatic heterocycles. The normalized spacial score (nSPS) is 17.8. The number of piperidine rings is 2. The van der Waals surface area contributed by atoms with E-state index in [1.54, 1.807) is 14.2 Å². The number of hydrogen-bond acceptors (Lipinski definition) is 7. The first kappa shape index (κ1) is 50.0. The Morgan fingerprint density at radius 2 is 1.12 bits per heavy atom. The molecular weight excluding hydrogens is 891 g/mol. The van der Waals surface area contributed by atoms with Gasteiger partial charge >= 0.3 is 12.4 Å². The number of rotatable bonds is 13. The molecule has 6 aromatic rings. The van der Waals surface area contributed by atoms with Gasteiger partial charge in [0, 0.05) is 85.4 Å². The molecule has 9 rings (SSSR count). The van der Waals surface area contributed by atoms with E-state index < -0.39 is 23.5 Å². The number of alkyl halides is 6. The van der Waals surface area contributed by atoms with Crippen LogP contribution in [0.5, 0.6) is 23.0 Å². The lowest BCUT2D eigenvalue weighted by Gasteiger charge is -2.32. The van der Waals surface area contributed by atoms with Gasteiger partial charge in [-0.05, 0) is 148 Å². The Kier molecular flexibility index (Phi) is 17.2. The topological polar surface area (TPSA) is 101 Å². The lowest BCUT2D eigenvalue weighted by Crippen LogP contribution is -2.42. The smallest absolute Gasteiger partial charge is 0.416 e. The molecule has 5 heterocycles. The average Bonchev–Trinajstić information content (AvgIpc) is 4.15. The zero-order chi connectivity index (χ0) is 48.1. The van der Waals surface area contributed by atoms with E-state index in [0.29, 0.717) is 50.1 Å². The highest BCUT2D eigenvalue weighted by molar-refractivity contribution is 5.90. The number of aromatic amines is 2. The number of nitrogens with one attached hydrogen (secondary N) is 2. The Labute approximate surface area is 392 Å². The SMILES string of the molecule is C1CCOC1.COc1ccc2[nH]cc(CC(=O)N3CCCC(COc4ccc(C(F)(F)F)cc4)C3)c2c1.COc1ccc2[nH]cc(CCN3CCCC(COc4ccc(C(F)(F)F)cc4)C3)c2c1. The first-order chi connectivity index (χ1) is 32.7. The van der Waals surface area contributed by atoms with Gasteiger partial charge in [0.25, 0.3) is 0 Å². The molecule has 0 aliphatic carbocycles. The van der Waals surface area contributed by atoms with Gasteiger partial charge in [-0.1, -0.05) is 0 Å². The molecule has 0 saturated carbocycles. The van der Waals surface area contributed by atoms with Gasteiger partial charge in [-0.15, -0.1) is 0 Å². The van der Waals surface area contributed by atoms with E-state index in [0.717, 1.165) is 123 Å². The number of amides is 1. The molecule has 3 aliphatic rings. The maximum Gasteiger partial charge on any atom is 0.416 e. The predicted octanol–water partition coefficient (Wildman–Crippen LogP) is 11.4. The number of ether oxygens (including phenoxy) is 5. The third kappa shape index (κ3) is 14.1. The molecule has 0 bridgehead atoms. The fourth-order valence-electron chi connectivity index (χ4n) is 8.81. The highest BCUT2D eigenvalue weighted by atomic mass is 19.4. The second kappa shape index (κ2) is 23.4. The molecule has 3 fully saturated rings. The summed E-state index contributed by atoms with van der Waals surface area (Å²) in [5, 5.41) is 2.16. The summed E-state index contributed by atoms with van der Waals surface area (Å²) in [6, 6.07) is 21.4. The number of nitrogens with zero attached hydrogens (tertiary/aromatic N) is 2. The van der Waals surface area contributed by atoms with Crippen molar-refractivity contribution in [2.45, 2.75) is 63.7 Å². The second-order valence-corrected chi connectivity index (χ2v) is 17.5. The summed E-state index contributed by atoms with van der Waals surface area (Å²) in [6.45, 7) is 7.10. The molecule has 4 aromatic carbocycles. The van der Waals surface area contributed by atoms with E-state index in [1.165, 1.54) is 48.1 Å². The van der Waals surface area contributed by atoms with Gasteiger partial charge in [-0.25, -0.2) is 0 Å². The van der Waals surface area contributed by atoms with Gasteiger partial charge in [0.15, 0.2) is 0 Å². The van der Waals surface area contributed by atoms with Gasteiger partial charge < -0.3 is 43.5 Å². The van der Waals surface area contributed by atoms with Crippen molar-refractivity contribution in [3.8, 4) is 23.0 Å². The molecule has 366 valence electrons. The molecule has 3 saturated heterocycles. The first-order valence-corrected chi connectivity index (χ1v) is 23.2. The van der Waals surface area contributed by atoms with Crippen molar-refractivity contribution in [1.82, 2.24) is 19.8 Å². The minimum atomic E-state index is -4.36. The number of methoxy groups -OCH3 is 2. The highest BCUT2D eigenvalue weighted by Gasteiger charge is 2.31. The van der Waals surface area contributed by atoms with Crippen LogP contribution in [0.25, 0.3) is 21.8 Å². The Hall–Kier alpha value is -5.87. The van der Waals surface area contributed by atoms with Gasteiger partial charge in [-0.3, -0.25) is 4.79 Å². The lowest BCUT2D eigenvalue weighted by atomic mass is 9.98. The summed E-state index contributed by atoms with van der Waals surface area (Å²) in [7, 11) is 3.29. The Morgan fingerprint density at radius 3 is 1.62 bits per heavy atom. The summed E-state index contributed by atoms with van der Waals surface area (Å²) in [4.78, 5) is 23.8. The minimum absolute atomic E-state index is 0.0490. The minimum Gasteiger partial charge on any atom is -0.497 e. The van der Waals surface area contributed by atoms with Crippen molar-refractivity contribution in [1.29, 1.82) is 0 Å². The molecule has 0 radical (unpaired) electrons. The highest BCUT2D eigenvalue weighted by Crippen LogP contribution is 2.33. The van der Waals surface area contributed by atoms with Crippen molar-refractivity contribution in [2.24, 2.45) is 11.8 Å². The van der Waals surface area contributed by atoms with Crippen molar-refractivity contribution < 1.29 is 54.8 Å². The number of carbonyl (C=O) groups excluding carboxylic acids is 1. The van der Waals surface area contributed by atoms with Crippen LogP contribution in [-0.4, -0.2) is 99.0 Å². The van der Waals surface area contributed by atoms with Crippen LogP contribution in [0.1, 0.15) is 60.8 Å².